The van der Waals surface area contributed by atoms with Crippen molar-refractivity contribution >= 4 is 46.6 Å². The van der Waals surface area contributed by atoms with Crippen molar-refractivity contribution < 1.29 is 4.39 Å². The van der Waals surface area contributed by atoms with Crippen LogP contribution in [0.25, 0.3) is 11.4 Å². The minimum Gasteiger partial charge on any atom is -0.302 e. The van der Waals surface area contributed by atoms with E-state index in [2.05, 4.69) is 10.2 Å². The minimum absolute atomic E-state index is 0.352. The molecular weight excluding hydrogens is 404 g/mol. The zero-order valence-corrected chi connectivity index (χ0v) is 16.2. The summed E-state index contributed by atoms with van der Waals surface area (Å²) in [5.41, 5.74) is 1.61. The molecule has 1 heterocycles. The molecule has 3 rings (SSSR count). The first-order valence-corrected chi connectivity index (χ1v) is 9.57. The molecule has 8 heteroatoms. The van der Waals surface area contributed by atoms with E-state index in [1.165, 1.54) is 23.9 Å². The summed E-state index contributed by atoms with van der Waals surface area (Å²) in [4.78, 5) is 0. The Hall–Kier alpha value is -1.27. The summed E-state index contributed by atoms with van der Waals surface area (Å²) >= 11 is 19.8. The lowest BCUT2D eigenvalue weighted by atomic mass is 10.2. The molecule has 0 atom stereocenters. The zero-order chi connectivity index (χ0) is 18.0. The Balaban J connectivity index is 1.87. The van der Waals surface area contributed by atoms with Gasteiger partial charge < -0.3 is 4.57 Å². The van der Waals surface area contributed by atoms with Crippen molar-refractivity contribution in [2.45, 2.75) is 24.4 Å². The Labute approximate surface area is 164 Å². The normalized spacial score (nSPS) is 11.1. The van der Waals surface area contributed by atoms with E-state index < -0.39 is 0 Å². The Morgan fingerprint density at radius 3 is 2.52 bits per heavy atom. The largest absolute Gasteiger partial charge is 0.302 e. The van der Waals surface area contributed by atoms with Crippen molar-refractivity contribution in [3.63, 3.8) is 0 Å². The van der Waals surface area contributed by atoms with Gasteiger partial charge in [-0.3, -0.25) is 0 Å². The third kappa shape index (κ3) is 4.11. The number of benzene rings is 2. The molecule has 0 unspecified atom stereocenters. The lowest BCUT2D eigenvalue weighted by Crippen LogP contribution is -2.00. The summed E-state index contributed by atoms with van der Waals surface area (Å²) in [6, 6.07) is 9.65. The van der Waals surface area contributed by atoms with Gasteiger partial charge in [-0.25, -0.2) is 4.39 Å². The van der Waals surface area contributed by atoms with E-state index in [4.69, 9.17) is 34.8 Å². The second-order valence-corrected chi connectivity index (χ2v) is 7.39. The lowest BCUT2D eigenvalue weighted by molar-refractivity contribution is 0.627. The standard InChI is InChI=1S/C17H13Cl3FN3S/c1-2-24-16(13-6-4-11(18)7-15(13)20)22-23-17(24)25-9-10-3-5-12(21)8-14(10)19/h3-8H,2,9H2,1H3. The summed E-state index contributed by atoms with van der Waals surface area (Å²) < 4.78 is 15.1. The molecule has 1 aromatic heterocycles. The molecule has 0 fully saturated rings. The van der Waals surface area contributed by atoms with E-state index in [0.29, 0.717) is 33.2 Å². The topological polar surface area (TPSA) is 30.7 Å². The molecule has 130 valence electrons. The second-order valence-electron chi connectivity index (χ2n) is 5.20. The number of hydrogen-bond acceptors (Lipinski definition) is 3. The van der Waals surface area contributed by atoms with E-state index >= 15 is 0 Å². The van der Waals surface area contributed by atoms with E-state index in [-0.39, 0.29) is 5.82 Å². The lowest BCUT2D eigenvalue weighted by Gasteiger charge is -2.09. The van der Waals surface area contributed by atoms with Gasteiger partial charge in [-0.05, 0) is 42.8 Å². The molecule has 3 aromatic rings. The molecule has 3 nitrogen and oxygen atoms in total. The van der Waals surface area contributed by atoms with Crippen LogP contribution in [0.4, 0.5) is 4.39 Å². The number of thioether (sulfide) groups is 1. The highest BCUT2D eigenvalue weighted by atomic mass is 35.5. The van der Waals surface area contributed by atoms with Crippen LogP contribution in [0, 0.1) is 5.82 Å². The molecule has 2 aromatic carbocycles. The van der Waals surface area contributed by atoms with E-state index in [1.807, 2.05) is 17.6 Å². The van der Waals surface area contributed by atoms with Crippen LogP contribution in [0.5, 0.6) is 0 Å². The van der Waals surface area contributed by atoms with Crippen LogP contribution < -0.4 is 0 Å². The fourth-order valence-corrected chi connectivity index (χ4v) is 4.14. The smallest absolute Gasteiger partial charge is 0.191 e. The average Bonchev–Trinajstić information content (AvgIpc) is 2.96. The summed E-state index contributed by atoms with van der Waals surface area (Å²) in [6.45, 7) is 2.69. The maximum absolute atomic E-state index is 13.1. The fourth-order valence-electron chi connectivity index (χ4n) is 2.33. The highest BCUT2D eigenvalue weighted by molar-refractivity contribution is 7.98. The highest BCUT2D eigenvalue weighted by Crippen LogP contribution is 2.33. The summed E-state index contributed by atoms with van der Waals surface area (Å²) in [5, 5.41) is 10.8. The first-order chi connectivity index (χ1) is 12.0. The van der Waals surface area contributed by atoms with Gasteiger partial charge in [0.1, 0.15) is 5.82 Å². The Morgan fingerprint density at radius 1 is 1.04 bits per heavy atom. The molecule has 0 amide bonds. The highest BCUT2D eigenvalue weighted by Gasteiger charge is 2.16. The van der Waals surface area contributed by atoms with Crippen molar-refractivity contribution in [3.8, 4) is 11.4 Å². The van der Waals surface area contributed by atoms with Gasteiger partial charge in [0, 0.05) is 27.9 Å². The zero-order valence-electron chi connectivity index (χ0n) is 13.1. The van der Waals surface area contributed by atoms with Gasteiger partial charge in [0.15, 0.2) is 11.0 Å². The van der Waals surface area contributed by atoms with Gasteiger partial charge in [0.2, 0.25) is 0 Å². The third-order valence-corrected chi connectivity index (χ3v) is 5.49. The fraction of sp³-hybridized carbons (Fsp3) is 0.176. The minimum atomic E-state index is -0.352. The number of halogens is 4. The van der Waals surface area contributed by atoms with Crippen LogP contribution in [0.2, 0.25) is 15.1 Å². The Morgan fingerprint density at radius 2 is 1.84 bits per heavy atom. The van der Waals surface area contributed by atoms with Gasteiger partial charge in [0.05, 0.1) is 5.02 Å². The second kappa shape index (κ2) is 7.96. The molecule has 0 aliphatic rings. The van der Waals surface area contributed by atoms with Crippen LogP contribution in [0.15, 0.2) is 41.6 Å². The van der Waals surface area contributed by atoms with Gasteiger partial charge >= 0.3 is 0 Å². The van der Waals surface area contributed by atoms with E-state index in [0.717, 1.165) is 16.3 Å². The predicted molar refractivity (Wildman–Crippen MR) is 102 cm³/mol. The number of rotatable bonds is 5. The molecule has 25 heavy (non-hydrogen) atoms. The molecule has 0 saturated carbocycles. The van der Waals surface area contributed by atoms with Gasteiger partial charge in [-0.1, -0.05) is 52.6 Å². The molecule has 0 saturated heterocycles. The summed E-state index contributed by atoms with van der Waals surface area (Å²) in [5.74, 6) is 0.887. The average molecular weight is 417 g/mol. The SMILES string of the molecule is CCn1c(SCc2ccc(F)cc2Cl)nnc1-c1ccc(Cl)cc1Cl. The van der Waals surface area contributed by atoms with Crippen LogP contribution in [-0.2, 0) is 12.3 Å². The van der Waals surface area contributed by atoms with Crippen molar-refractivity contribution in [3.05, 3.63) is 62.8 Å². The summed E-state index contributed by atoms with van der Waals surface area (Å²) in [6.07, 6.45) is 0. The first kappa shape index (κ1) is 18.5. The molecule has 0 N–H and O–H groups in total. The first-order valence-electron chi connectivity index (χ1n) is 7.45. The predicted octanol–water partition coefficient (Wildman–Crippen LogP) is 6.36. The maximum Gasteiger partial charge on any atom is 0.191 e. The number of aromatic nitrogens is 3. The van der Waals surface area contributed by atoms with Gasteiger partial charge in [-0.15, -0.1) is 10.2 Å². The van der Waals surface area contributed by atoms with Crippen LogP contribution in [0.1, 0.15) is 12.5 Å². The van der Waals surface area contributed by atoms with Crippen LogP contribution in [-0.4, -0.2) is 14.8 Å². The molecular formula is C17H13Cl3FN3S. The van der Waals surface area contributed by atoms with Crippen molar-refractivity contribution in [2.24, 2.45) is 0 Å². The third-order valence-electron chi connectivity index (χ3n) is 3.58. The van der Waals surface area contributed by atoms with Crippen molar-refractivity contribution in [1.29, 1.82) is 0 Å². The Bertz CT molecular complexity index is 914. The number of nitrogens with zero attached hydrogens (tertiary/aromatic N) is 3. The summed E-state index contributed by atoms with van der Waals surface area (Å²) in [7, 11) is 0. The van der Waals surface area contributed by atoms with Gasteiger partial charge in [0.25, 0.3) is 0 Å². The number of hydrogen-bond donors (Lipinski definition) is 0. The van der Waals surface area contributed by atoms with Crippen LogP contribution in [0.3, 0.4) is 0 Å². The quantitative estimate of drug-likeness (QED) is 0.454. The molecule has 0 bridgehead atoms. The molecule has 0 radical (unpaired) electrons. The molecule has 0 aliphatic heterocycles. The maximum atomic E-state index is 13.1. The van der Waals surface area contributed by atoms with Crippen LogP contribution >= 0.6 is 46.6 Å². The van der Waals surface area contributed by atoms with E-state index in [1.54, 1.807) is 18.2 Å². The molecule has 0 aliphatic carbocycles. The van der Waals surface area contributed by atoms with E-state index in [9.17, 15) is 4.39 Å². The monoisotopic (exact) mass is 415 g/mol. The van der Waals surface area contributed by atoms with Crippen molar-refractivity contribution in [2.75, 3.05) is 0 Å². The molecule has 0 spiro atoms. The van der Waals surface area contributed by atoms with Gasteiger partial charge in [-0.2, -0.15) is 0 Å². The van der Waals surface area contributed by atoms with Crippen molar-refractivity contribution in [1.82, 2.24) is 14.8 Å². The Kier molecular flexibility index (Phi) is 5.89.